The zero-order valence-electron chi connectivity index (χ0n) is 16.5. The molecule has 27 heavy (non-hydrogen) atoms. The van der Waals surface area contributed by atoms with Crippen LogP contribution in [-0.4, -0.2) is 60.7 Å². The summed E-state index contributed by atoms with van der Waals surface area (Å²) in [5.41, 5.74) is 3.50. The van der Waals surface area contributed by atoms with Gasteiger partial charge in [-0.1, -0.05) is 6.07 Å². The molecule has 0 unspecified atom stereocenters. The summed E-state index contributed by atoms with van der Waals surface area (Å²) in [5.74, 6) is 0.550. The van der Waals surface area contributed by atoms with Crippen LogP contribution in [0.4, 0.5) is 0 Å². The van der Waals surface area contributed by atoms with Crippen molar-refractivity contribution >= 4 is 10.0 Å². The Kier molecular flexibility index (Phi) is 5.88. The number of aryl methyl sites for hydroxylation is 2. The van der Waals surface area contributed by atoms with E-state index in [9.17, 15) is 8.42 Å². The molecule has 2 heterocycles. The number of hydrogen-bond donors (Lipinski definition) is 0. The van der Waals surface area contributed by atoms with E-state index in [4.69, 9.17) is 4.74 Å². The van der Waals surface area contributed by atoms with Crippen LogP contribution in [0.5, 0.6) is 5.75 Å². The summed E-state index contributed by atoms with van der Waals surface area (Å²) >= 11 is 0. The minimum Gasteiger partial charge on any atom is -0.497 e. The van der Waals surface area contributed by atoms with Crippen molar-refractivity contribution in [2.75, 3.05) is 33.3 Å². The van der Waals surface area contributed by atoms with Gasteiger partial charge in [0.05, 0.1) is 17.7 Å². The number of benzene rings is 1. The molecule has 2 aromatic rings. The van der Waals surface area contributed by atoms with E-state index in [1.54, 1.807) is 28.6 Å². The number of methoxy groups -OCH3 is 1. The maximum absolute atomic E-state index is 12.9. The highest BCUT2D eigenvalue weighted by Crippen LogP contribution is 2.23. The first-order chi connectivity index (χ1) is 12.9. The number of nitrogens with zero attached hydrogens (tertiary/aromatic N) is 4. The lowest BCUT2D eigenvalue weighted by Crippen LogP contribution is -2.48. The monoisotopic (exact) mass is 392 g/mol. The molecule has 0 aliphatic carbocycles. The molecule has 3 rings (SSSR count). The highest BCUT2D eigenvalue weighted by molar-refractivity contribution is 7.89. The van der Waals surface area contributed by atoms with Gasteiger partial charge in [-0.2, -0.15) is 9.40 Å². The second-order valence-electron chi connectivity index (χ2n) is 6.82. The Balaban J connectivity index is 1.67. The lowest BCUT2D eigenvalue weighted by atomic mass is 10.1. The first-order valence-corrected chi connectivity index (χ1v) is 10.7. The van der Waals surface area contributed by atoms with Gasteiger partial charge in [-0.25, -0.2) is 8.42 Å². The molecule has 1 aromatic carbocycles. The van der Waals surface area contributed by atoms with Crippen LogP contribution in [0.2, 0.25) is 0 Å². The molecule has 0 saturated carbocycles. The van der Waals surface area contributed by atoms with Crippen molar-refractivity contribution in [3.05, 3.63) is 41.2 Å². The predicted molar refractivity (Wildman–Crippen MR) is 104 cm³/mol. The van der Waals surface area contributed by atoms with E-state index in [0.29, 0.717) is 31.9 Å². The van der Waals surface area contributed by atoms with Gasteiger partial charge in [0.2, 0.25) is 10.0 Å². The van der Waals surface area contributed by atoms with Crippen LogP contribution in [0.15, 0.2) is 29.2 Å². The topological polar surface area (TPSA) is 67.7 Å². The Bertz CT molecular complexity index is 900. The molecule has 1 aliphatic heterocycles. The molecule has 0 amide bonds. The Morgan fingerprint density at radius 1 is 1.15 bits per heavy atom. The van der Waals surface area contributed by atoms with E-state index in [1.165, 1.54) is 18.4 Å². The first-order valence-electron chi connectivity index (χ1n) is 9.26. The highest BCUT2D eigenvalue weighted by atomic mass is 32.2. The summed E-state index contributed by atoms with van der Waals surface area (Å²) in [6.07, 6.45) is 0. The summed E-state index contributed by atoms with van der Waals surface area (Å²) in [6.45, 7) is 10.3. The minimum absolute atomic E-state index is 0.284. The van der Waals surface area contributed by atoms with Gasteiger partial charge in [0, 0.05) is 56.6 Å². The first kappa shape index (κ1) is 19.9. The number of ether oxygens (including phenoxy) is 1. The van der Waals surface area contributed by atoms with Crippen LogP contribution < -0.4 is 4.74 Å². The van der Waals surface area contributed by atoms with Crippen molar-refractivity contribution in [3.8, 4) is 5.75 Å². The average Bonchev–Trinajstić information content (AvgIpc) is 2.96. The normalized spacial score (nSPS) is 16.6. The summed E-state index contributed by atoms with van der Waals surface area (Å²) in [4.78, 5) is 2.58. The SMILES string of the molecule is CCn1nc(C)c(CN2CCN(S(=O)(=O)c3cccc(OC)c3)CC2)c1C. The van der Waals surface area contributed by atoms with Gasteiger partial charge in [0.15, 0.2) is 0 Å². The second-order valence-corrected chi connectivity index (χ2v) is 8.76. The van der Waals surface area contributed by atoms with Crippen molar-refractivity contribution in [1.82, 2.24) is 19.0 Å². The number of hydrogen-bond acceptors (Lipinski definition) is 5. The van der Waals surface area contributed by atoms with Crippen LogP contribution in [0.1, 0.15) is 23.9 Å². The molecule has 1 fully saturated rings. The third-order valence-corrected chi connectivity index (χ3v) is 7.12. The van der Waals surface area contributed by atoms with Gasteiger partial charge in [-0.3, -0.25) is 9.58 Å². The van der Waals surface area contributed by atoms with E-state index in [-0.39, 0.29) is 4.90 Å². The zero-order chi connectivity index (χ0) is 19.6. The predicted octanol–water partition coefficient (Wildman–Crippen LogP) is 2.03. The molecule has 0 spiro atoms. The molecule has 1 saturated heterocycles. The molecular weight excluding hydrogens is 364 g/mol. The lowest BCUT2D eigenvalue weighted by Gasteiger charge is -2.34. The van der Waals surface area contributed by atoms with Crippen molar-refractivity contribution in [2.24, 2.45) is 0 Å². The number of sulfonamides is 1. The van der Waals surface area contributed by atoms with Crippen molar-refractivity contribution < 1.29 is 13.2 Å². The number of piperazine rings is 1. The van der Waals surface area contributed by atoms with E-state index >= 15 is 0 Å². The zero-order valence-corrected chi connectivity index (χ0v) is 17.3. The van der Waals surface area contributed by atoms with E-state index in [0.717, 1.165) is 18.8 Å². The standard InChI is InChI=1S/C19H28N4O3S/c1-5-23-16(3)19(15(2)20-23)14-21-9-11-22(12-10-21)27(24,25)18-8-6-7-17(13-18)26-4/h6-8,13H,5,9-12,14H2,1-4H3. The fourth-order valence-corrected chi connectivity index (χ4v) is 4.99. The molecule has 0 N–H and O–H groups in total. The molecule has 1 aromatic heterocycles. The quantitative estimate of drug-likeness (QED) is 0.753. The van der Waals surface area contributed by atoms with Gasteiger partial charge >= 0.3 is 0 Å². The van der Waals surface area contributed by atoms with Gasteiger partial charge in [0.25, 0.3) is 0 Å². The third-order valence-electron chi connectivity index (χ3n) is 5.22. The van der Waals surface area contributed by atoms with Gasteiger partial charge in [-0.15, -0.1) is 0 Å². The third kappa shape index (κ3) is 4.02. The summed E-state index contributed by atoms with van der Waals surface area (Å²) in [6, 6.07) is 6.65. The fraction of sp³-hybridized carbons (Fsp3) is 0.526. The summed E-state index contributed by atoms with van der Waals surface area (Å²) in [7, 11) is -1.96. The lowest BCUT2D eigenvalue weighted by molar-refractivity contribution is 0.181. The van der Waals surface area contributed by atoms with E-state index in [1.807, 2.05) is 11.6 Å². The Morgan fingerprint density at radius 2 is 1.85 bits per heavy atom. The van der Waals surface area contributed by atoms with Crippen LogP contribution in [-0.2, 0) is 23.1 Å². The second kappa shape index (κ2) is 8.00. The van der Waals surface area contributed by atoms with Crippen LogP contribution in [0, 0.1) is 13.8 Å². The molecule has 1 aliphatic rings. The van der Waals surface area contributed by atoms with Gasteiger partial charge in [-0.05, 0) is 32.9 Å². The smallest absolute Gasteiger partial charge is 0.243 e. The van der Waals surface area contributed by atoms with E-state index < -0.39 is 10.0 Å². The maximum atomic E-state index is 12.9. The van der Waals surface area contributed by atoms with Crippen LogP contribution >= 0.6 is 0 Å². The number of aromatic nitrogens is 2. The molecule has 0 bridgehead atoms. The van der Waals surface area contributed by atoms with E-state index in [2.05, 4.69) is 23.8 Å². The molecule has 148 valence electrons. The Morgan fingerprint density at radius 3 is 2.44 bits per heavy atom. The highest BCUT2D eigenvalue weighted by Gasteiger charge is 2.29. The van der Waals surface area contributed by atoms with Crippen molar-refractivity contribution in [2.45, 2.75) is 38.8 Å². The molecule has 0 radical (unpaired) electrons. The van der Waals surface area contributed by atoms with Gasteiger partial charge < -0.3 is 4.74 Å². The van der Waals surface area contributed by atoms with Crippen LogP contribution in [0.3, 0.4) is 0 Å². The Hall–Kier alpha value is -1.90. The van der Waals surface area contributed by atoms with Gasteiger partial charge in [0.1, 0.15) is 5.75 Å². The van der Waals surface area contributed by atoms with Crippen LogP contribution in [0.25, 0.3) is 0 Å². The Labute approximate surface area is 161 Å². The molecule has 7 nitrogen and oxygen atoms in total. The molecular formula is C19H28N4O3S. The maximum Gasteiger partial charge on any atom is 0.243 e. The minimum atomic E-state index is -3.50. The van der Waals surface area contributed by atoms with Crippen molar-refractivity contribution in [3.63, 3.8) is 0 Å². The summed E-state index contributed by atoms with van der Waals surface area (Å²) < 4.78 is 34.6. The molecule has 8 heteroatoms. The van der Waals surface area contributed by atoms with Crippen molar-refractivity contribution in [1.29, 1.82) is 0 Å². The largest absolute Gasteiger partial charge is 0.497 e. The fourth-order valence-electron chi connectivity index (χ4n) is 3.53. The summed E-state index contributed by atoms with van der Waals surface area (Å²) in [5, 5.41) is 4.58. The number of rotatable bonds is 6. The average molecular weight is 393 g/mol. The molecule has 0 atom stereocenters.